The van der Waals surface area contributed by atoms with Gasteiger partial charge in [-0.25, -0.2) is 4.39 Å². The number of rotatable bonds is 5. The first-order chi connectivity index (χ1) is 9.19. The Hall–Kier alpha value is -1.13. The fraction of sp³-hybridized carbons (Fsp3) is 0.600. The van der Waals surface area contributed by atoms with Crippen LogP contribution in [-0.4, -0.2) is 56.7 Å². The summed E-state index contributed by atoms with van der Waals surface area (Å²) in [6.45, 7) is 5.71. The van der Waals surface area contributed by atoms with Crippen LogP contribution >= 0.6 is 0 Å². The molecule has 19 heavy (non-hydrogen) atoms. The number of hydrogen-bond acceptors (Lipinski definition) is 3. The highest BCUT2D eigenvalue weighted by atomic mass is 19.1. The lowest BCUT2D eigenvalue weighted by atomic mass is 10.1. The van der Waals surface area contributed by atoms with E-state index in [0.717, 1.165) is 51.1 Å². The Labute approximate surface area is 115 Å². The van der Waals surface area contributed by atoms with Crippen LogP contribution in [0.1, 0.15) is 12.0 Å². The number of likely N-dealkylation sites (N-methyl/N-ethyl adjacent to an activating group) is 1. The smallest absolute Gasteiger partial charge is 0.126 e. The molecule has 4 heteroatoms. The van der Waals surface area contributed by atoms with Crippen LogP contribution in [0.25, 0.3) is 0 Å². The molecular formula is C15H23FN2O. The maximum Gasteiger partial charge on any atom is 0.126 e. The van der Waals surface area contributed by atoms with Gasteiger partial charge in [-0.05, 0) is 38.1 Å². The van der Waals surface area contributed by atoms with Crippen LogP contribution in [0.3, 0.4) is 0 Å². The molecule has 0 N–H and O–H groups in total. The molecule has 0 unspecified atom stereocenters. The normalized spacial score (nSPS) is 17.6. The molecule has 0 saturated carbocycles. The molecule has 0 aliphatic carbocycles. The highest BCUT2D eigenvalue weighted by Crippen LogP contribution is 2.21. The molecule has 0 atom stereocenters. The molecule has 0 amide bonds. The van der Waals surface area contributed by atoms with Crippen LogP contribution in [0.15, 0.2) is 18.2 Å². The van der Waals surface area contributed by atoms with E-state index in [-0.39, 0.29) is 5.82 Å². The van der Waals surface area contributed by atoms with E-state index in [4.69, 9.17) is 4.74 Å². The fourth-order valence-electron chi connectivity index (χ4n) is 2.49. The molecule has 1 fully saturated rings. The second-order valence-electron chi connectivity index (χ2n) is 5.20. The van der Waals surface area contributed by atoms with Crippen LogP contribution in [0.5, 0.6) is 5.75 Å². The van der Waals surface area contributed by atoms with E-state index in [0.29, 0.717) is 5.75 Å². The zero-order chi connectivity index (χ0) is 13.7. The largest absolute Gasteiger partial charge is 0.496 e. The van der Waals surface area contributed by atoms with Crippen molar-refractivity contribution in [3.05, 3.63) is 29.6 Å². The first kappa shape index (κ1) is 14.3. The maximum atomic E-state index is 13.1. The minimum absolute atomic E-state index is 0.236. The third-order valence-corrected chi connectivity index (χ3v) is 3.77. The van der Waals surface area contributed by atoms with E-state index in [9.17, 15) is 4.39 Å². The Kier molecular flexibility index (Phi) is 5.16. The summed E-state index contributed by atoms with van der Waals surface area (Å²) in [6.07, 6.45) is 2.03. The van der Waals surface area contributed by atoms with Crippen molar-refractivity contribution in [1.82, 2.24) is 9.80 Å². The van der Waals surface area contributed by atoms with E-state index in [1.807, 2.05) is 6.07 Å². The van der Waals surface area contributed by atoms with Crippen molar-refractivity contribution in [3.8, 4) is 5.75 Å². The summed E-state index contributed by atoms with van der Waals surface area (Å²) in [6, 6.07) is 4.80. The lowest BCUT2D eigenvalue weighted by molar-refractivity contribution is 0.153. The summed E-state index contributed by atoms with van der Waals surface area (Å²) in [5.41, 5.74) is 1.10. The molecule has 1 aromatic carbocycles. The molecular weight excluding hydrogens is 243 g/mol. The van der Waals surface area contributed by atoms with Crippen LogP contribution in [0.4, 0.5) is 4.39 Å². The average molecular weight is 266 g/mol. The lowest BCUT2D eigenvalue weighted by Crippen LogP contribution is -2.44. The van der Waals surface area contributed by atoms with Crippen molar-refractivity contribution in [1.29, 1.82) is 0 Å². The molecule has 1 aliphatic rings. The number of benzene rings is 1. The molecule has 0 spiro atoms. The molecule has 106 valence electrons. The van der Waals surface area contributed by atoms with Gasteiger partial charge in [-0.3, -0.25) is 0 Å². The third kappa shape index (κ3) is 4.18. The molecule has 0 aromatic heterocycles. The topological polar surface area (TPSA) is 15.7 Å². The summed E-state index contributed by atoms with van der Waals surface area (Å²) in [5.74, 6) is 0.429. The van der Waals surface area contributed by atoms with Crippen molar-refractivity contribution in [3.63, 3.8) is 0 Å². The number of halogens is 1. The van der Waals surface area contributed by atoms with Gasteiger partial charge in [0.1, 0.15) is 11.6 Å². The Morgan fingerprint density at radius 1 is 1.21 bits per heavy atom. The molecule has 0 bridgehead atoms. The van der Waals surface area contributed by atoms with Gasteiger partial charge >= 0.3 is 0 Å². The molecule has 1 aliphatic heterocycles. The van der Waals surface area contributed by atoms with Gasteiger partial charge < -0.3 is 14.5 Å². The first-order valence-electron chi connectivity index (χ1n) is 6.92. The highest BCUT2D eigenvalue weighted by Gasteiger charge is 2.13. The van der Waals surface area contributed by atoms with Gasteiger partial charge in [0.2, 0.25) is 0 Å². The van der Waals surface area contributed by atoms with Gasteiger partial charge in [-0.2, -0.15) is 0 Å². The van der Waals surface area contributed by atoms with Gasteiger partial charge in [0.25, 0.3) is 0 Å². The Balaban J connectivity index is 1.79. The summed E-state index contributed by atoms with van der Waals surface area (Å²) < 4.78 is 18.3. The molecule has 1 aromatic rings. The third-order valence-electron chi connectivity index (χ3n) is 3.77. The average Bonchev–Trinajstić information content (AvgIpc) is 2.42. The van der Waals surface area contributed by atoms with E-state index in [1.165, 1.54) is 12.1 Å². The Morgan fingerprint density at radius 2 is 1.95 bits per heavy atom. The Morgan fingerprint density at radius 3 is 2.63 bits per heavy atom. The van der Waals surface area contributed by atoms with Gasteiger partial charge in [0.15, 0.2) is 0 Å². The maximum absolute atomic E-state index is 13.1. The standard InChI is InChI=1S/C15H23FN2O/c1-17-8-10-18(11-9-17)7-3-4-13-5-6-14(16)12-15(13)19-2/h5-6,12H,3-4,7-11H2,1-2H3. The van der Waals surface area contributed by atoms with E-state index < -0.39 is 0 Å². The predicted molar refractivity (Wildman–Crippen MR) is 75.2 cm³/mol. The second kappa shape index (κ2) is 6.87. The number of ether oxygens (including phenoxy) is 1. The summed E-state index contributed by atoms with van der Waals surface area (Å²) in [5, 5.41) is 0. The monoisotopic (exact) mass is 266 g/mol. The molecule has 3 nitrogen and oxygen atoms in total. The zero-order valence-electron chi connectivity index (χ0n) is 11.9. The van der Waals surface area contributed by atoms with Crippen molar-refractivity contribution >= 4 is 0 Å². The molecule has 0 radical (unpaired) electrons. The lowest BCUT2D eigenvalue weighted by Gasteiger charge is -2.32. The van der Waals surface area contributed by atoms with E-state index in [2.05, 4.69) is 16.8 Å². The second-order valence-corrected chi connectivity index (χ2v) is 5.20. The summed E-state index contributed by atoms with van der Waals surface area (Å²) in [7, 11) is 3.76. The SMILES string of the molecule is COc1cc(F)ccc1CCCN1CCN(C)CC1. The summed E-state index contributed by atoms with van der Waals surface area (Å²) in [4.78, 5) is 4.86. The predicted octanol–water partition coefficient (Wildman–Crippen LogP) is 2.01. The summed E-state index contributed by atoms with van der Waals surface area (Å²) >= 11 is 0. The molecule has 2 rings (SSSR count). The quantitative estimate of drug-likeness (QED) is 0.811. The van der Waals surface area contributed by atoms with Gasteiger partial charge in [-0.15, -0.1) is 0 Å². The number of methoxy groups -OCH3 is 1. The van der Waals surface area contributed by atoms with Gasteiger partial charge in [0.05, 0.1) is 7.11 Å². The van der Waals surface area contributed by atoms with Crippen LogP contribution in [0.2, 0.25) is 0 Å². The van der Waals surface area contributed by atoms with Crippen molar-refractivity contribution in [2.45, 2.75) is 12.8 Å². The highest BCUT2D eigenvalue weighted by molar-refractivity contribution is 5.34. The fourth-order valence-corrected chi connectivity index (χ4v) is 2.49. The van der Waals surface area contributed by atoms with Crippen LogP contribution in [-0.2, 0) is 6.42 Å². The number of piperazine rings is 1. The number of hydrogen-bond donors (Lipinski definition) is 0. The first-order valence-corrected chi connectivity index (χ1v) is 6.92. The number of aryl methyl sites for hydroxylation is 1. The Bertz CT molecular complexity index is 403. The van der Waals surface area contributed by atoms with Gasteiger partial charge in [-0.1, -0.05) is 6.07 Å². The van der Waals surface area contributed by atoms with Crippen molar-refractivity contribution < 1.29 is 9.13 Å². The molecule has 1 saturated heterocycles. The van der Waals surface area contributed by atoms with Crippen LogP contribution < -0.4 is 4.74 Å². The van der Waals surface area contributed by atoms with Crippen molar-refractivity contribution in [2.75, 3.05) is 46.9 Å². The van der Waals surface area contributed by atoms with Crippen molar-refractivity contribution in [2.24, 2.45) is 0 Å². The van der Waals surface area contributed by atoms with Crippen LogP contribution in [0, 0.1) is 5.82 Å². The zero-order valence-corrected chi connectivity index (χ0v) is 11.9. The number of nitrogens with zero attached hydrogens (tertiary/aromatic N) is 2. The van der Waals surface area contributed by atoms with E-state index >= 15 is 0 Å². The minimum Gasteiger partial charge on any atom is -0.496 e. The van der Waals surface area contributed by atoms with Gasteiger partial charge in [0, 0.05) is 32.2 Å². The minimum atomic E-state index is -0.236. The van der Waals surface area contributed by atoms with E-state index in [1.54, 1.807) is 7.11 Å². The molecule has 1 heterocycles.